The Balaban J connectivity index is 1.48. The molecule has 27 heavy (non-hydrogen) atoms. The summed E-state index contributed by atoms with van der Waals surface area (Å²) >= 11 is 3.22. The van der Waals surface area contributed by atoms with Crippen molar-refractivity contribution in [2.24, 2.45) is 5.92 Å². The van der Waals surface area contributed by atoms with Crippen LogP contribution < -0.4 is 5.32 Å². The number of hydrogen-bond acceptors (Lipinski definition) is 6. The van der Waals surface area contributed by atoms with E-state index in [1.807, 2.05) is 0 Å². The number of carbonyl (C=O) groups is 1. The number of benzene rings is 1. The molecule has 7 heteroatoms. The standard InChI is InChI=1S/C20H18N4OS2/c1-12-2-7-15-16(8-12)27-20-18(15)19(22-11-23-20)26-10-17(25)24-14-5-3-13(9-21)4-6-14/h3-6,11-12H,2,7-8,10H2,1H3,(H,24,25)/t12-/m1/s1. The molecular weight excluding hydrogens is 376 g/mol. The van der Waals surface area contributed by atoms with Crippen LogP contribution in [0.1, 0.15) is 29.3 Å². The lowest BCUT2D eigenvalue weighted by atomic mass is 9.89. The summed E-state index contributed by atoms with van der Waals surface area (Å²) in [6.45, 7) is 2.29. The predicted molar refractivity (Wildman–Crippen MR) is 109 cm³/mol. The van der Waals surface area contributed by atoms with Crippen LogP contribution in [0, 0.1) is 17.2 Å². The number of thioether (sulfide) groups is 1. The number of fused-ring (bicyclic) bond motifs is 3. The number of rotatable bonds is 4. The summed E-state index contributed by atoms with van der Waals surface area (Å²) in [5, 5.41) is 13.7. The highest BCUT2D eigenvalue weighted by atomic mass is 32.2. The summed E-state index contributed by atoms with van der Waals surface area (Å²) in [6.07, 6.45) is 4.96. The van der Waals surface area contributed by atoms with Gasteiger partial charge in [-0.2, -0.15) is 5.26 Å². The van der Waals surface area contributed by atoms with Crippen LogP contribution in [-0.4, -0.2) is 21.6 Å². The van der Waals surface area contributed by atoms with Crippen molar-refractivity contribution in [3.05, 3.63) is 46.6 Å². The first-order valence-electron chi connectivity index (χ1n) is 8.82. The van der Waals surface area contributed by atoms with Gasteiger partial charge in [-0.3, -0.25) is 4.79 Å². The minimum Gasteiger partial charge on any atom is -0.325 e. The molecule has 1 N–H and O–H groups in total. The first-order valence-corrected chi connectivity index (χ1v) is 10.6. The molecular formula is C20H18N4OS2. The van der Waals surface area contributed by atoms with Crippen molar-refractivity contribution in [1.29, 1.82) is 5.26 Å². The second-order valence-corrected chi connectivity index (χ2v) is 8.78. The largest absolute Gasteiger partial charge is 0.325 e. The smallest absolute Gasteiger partial charge is 0.234 e. The zero-order valence-corrected chi connectivity index (χ0v) is 16.5. The maximum Gasteiger partial charge on any atom is 0.234 e. The topological polar surface area (TPSA) is 78.7 Å². The van der Waals surface area contributed by atoms with Crippen molar-refractivity contribution < 1.29 is 4.79 Å². The molecule has 136 valence electrons. The number of amides is 1. The van der Waals surface area contributed by atoms with Gasteiger partial charge in [-0.1, -0.05) is 18.7 Å². The molecule has 0 bridgehead atoms. The normalized spacial score (nSPS) is 15.9. The predicted octanol–water partition coefficient (Wildman–Crippen LogP) is 4.42. The summed E-state index contributed by atoms with van der Waals surface area (Å²) in [7, 11) is 0. The molecule has 2 aromatic heterocycles. The number of anilines is 1. The molecule has 0 fully saturated rings. The van der Waals surface area contributed by atoms with Gasteiger partial charge in [-0.25, -0.2) is 9.97 Å². The SMILES string of the molecule is C[C@@H]1CCc2c(sc3ncnc(SCC(=O)Nc4ccc(C#N)cc4)c23)C1. The van der Waals surface area contributed by atoms with Crippen LogP contribution >= 0.6 is 23.1 Å². The zero-order chi connectivity index (χ0) is 18.8. The van der Waals surface area contributed by atoms with Crippen LogP contribution in [0.2, 0.25) is 0 Å². The van der Waals surface area contributed by atoms with Gasteiger partial charge in [0.2, 0.25) is 5.91 Å². The molecule has 0 unspecified atom stereocenters. The summed E-state index contributed by atoms with van der Waals surface area (Å²) in [6, 6.07) is 8.92. The Morgan fingerprint density at radius 2 is 2.19 bits per heavy atom. The number of nitrogens with zero attached hydrogens (tertiary/aromatic N) is 3. The van der Waals surface area contributed by atoms with Gasteiger partial charge in [0.15, 0.2) is 0 Å². The van der Waals surface area contributed by atoms with Crippen molar-refractivity contribution in [2.75, 3.05) is 11.1 Å². The van der Waals surface area contributed by atoms with E-state index >= 15 is 0 Å². The number of hydrogen-bond donors (Lipinski definition) is 1. The van der Waals surface area contributed by atoms with Gasteiger partial charge in [0.1, 0.15) is 16.2 Å². The number of aryl methyl sites for hydroxylation is 1. The number of thiophene rings is 1. The second-order valence-electron chi connectivity index (χ2n) is 6.74. The first kappa shape index (κ1) is 18.0. The van der Waals surface area contributed by atoms with Crippen molar-refractivity contribution >= 4 is 44.9 Å². The fourth-order valence-corrected chi connectivity index (χ4v) is 5.56. The molecule has 1 aromatic carbocycles. The lowest BCUT2D eigenvalue weighted by molar-refractivity contribution is -0.113. The molecule has 1 amide bonds. The molecule has 1 aliphatic carbocycles. The van der Waals surface area contributed by atoms with Crippen LogP contribution in [0.25, 0.3) is 10.2 Å². The first-order chi connectivity index (χ1) is 13.1. The molecule has 1 aliphatic rings. The van der Waals surface area contributed by atoms with Crippen molar-refractivity contribution in [1.82, 2.24) is 9.97 Å². The minimum absolute atomic E-state index is 0.0887. The molecule has 0 aliphatic heterocycles. The van der Waals surface area contributed by atoms with Gasteiger partial charge in [-0.05, 0) is 55.0 Å². The Labute approximate surface area is 165 Å². The monoisotopic (exact) mass is 394 g/mol. The number of carbonyl (C=O) groups excluding carboxylic acids is 1. The zero-order valence-electron chi connectivity index (χ0n) is 14.9. The van der Waals surface area contributed by atoms with E-state index in [2.05, 4.69) is 28.3 Å². The third-order valence-electron chi connectivity index (χ3n) is 4.69. The third-order valence-corrected chi connectivity index (χ3v) is 6.85. The molecule has 0 spiro atoms. The minimum atomic E-state index is -0.0887. The van der Waals surface area contributed by atoms with Gasteiger partial charge >= 0.3 is 0 Å². The van der Waals surface area contributed by atoms with Crippen LogP contribution in [0.3, 0.4) is 0 Å². The Hall–Kier alpha value is -2.43. The van der Waals surface area contributed by atoms with E-state index in [-0.39, 0.29) is 11.7 Å². The van der Waals surface area contributed by atoms with E-state index < -0.39 is 0 Å². The summed E-state index contributed by atoms with van der Waals surface area (Å²) in [5.41, 5.74) is 2.64. The second kappa shape index (κ2) is 7.67. The van der Waals surface area contributed by atoms with E-state index in [0.29, 0.717) is 17.2 Å². The molecule has 0 radical (unpaired) electrons. The fourth-order valence-electron chi connectivity index (χ4n) is 3.31. The van der Waals surface area contributed by atoms with E-state index in [0.717, 1.165) is 28.1 Å². The highest BCUT2D eigenvalue weighted by molar-refractivity contribution is 8.00. The molecule has 4 rings (SSSR count). The van der Waals surface area contributed by atoms with Crippen molar-refractivity contribution in [3.8, 4) is 6.07 Å². The maximum atomic E-state index is 12.3. The summed E-state index contributed by atoms with van der Waals surface area (Å²) < 4.78 is 0. The number of nitriles is 1. The summed E-state index contributed by atoms with van der Waals surface area (Å²) in [4.78, 5) is 23.7. The average molecular weight is 395 g/mol. The highest BCUT2D eigenvalue weighted by Gasteiger charge is 2.23. The Morgan fingerprint density at radius 3 is 2.96 bits per heavy atom. The van der Waals surface area contributed by atoms with E-state index in [1.54, 1.807) is 41.9 Å². The molecule has 3 aromatic rings. The molecule has 1 atom stereocenters. The molecule has 5 nitrogen and oxygen atoms in total. The van der Waals surface area contributed by atoms with E-state index in [1.165, 1.54) is 28.6 Å². The van der Waals surface area contributed by atoms with Crippen LogP contribution in [0.15, 0.2) is 35.6 Å². The van der Waals surface area contributed by atoms with Crippen molar-refractivity contribution in [2.45, 2.75) is 31.2 Å². The van der Waals surface area contributed by atoms with E-state index in [4.69, 9.17) is 5.26 Å². The van der Waals surface area contributed by atoms with Gasteiger partial charge < -0.3 is 5.32 Å². The van der Waals surface area contributed by atoms with Gasteiger partial charge in [-0.15, -0.1) is 11.3 Å². The molecule has 0 saturated carbocycles. The Kier molecular flexibility index (Phi) is 5.10. The lowest BCUT2D eigenvalue weighted by Crippen LogP contribution is -2.14. The van der Waals surface area contributed by atoms with Crippen LogP contribution in [0.4, 0.5) is 5.69 Å². The van der Waals surface area contributed by atoms with Crippen molar-refractivity contribution in [3.63, 3.8) is 0 Å². The van der Waals surface area contributed by atoms with Gasteiger partial charge in [0.25, 0.3) is 0 Å². The number of aromatic nitrogens is 2. The highest BCUT2D eigenvalue weighted by Crippen LogP contribution is 2.40. The maximum absolute atomic E-state index is 12.3. The lowest BCUT2D eigenvalue weighted by Gasteiger charge is -2.18. The number of nitrogens with one attached hydrogen (secondary N) is 1. The van der Waals surface area contributed by atoms with Gasteiger partial charge in [0.05, 0.1) is 17.4 Å². The quantitative estimate of drug-likeness (QED) is 0.523. The average Bonchev–Trinajstić information content (AvgIpc) is 3.05. The van der Waals surface area contributed by atoms with Crippen LogP contribution in [0.5, 0.6) is 0 Å². The molecule has 0 saturated heterocycles. The van der Waals surface area contributed by atoms with E-state index in [9.17, 15) is 4.79 Å². The Bertz CT molecular complexity index is 1040. The molecule has 2 heterocycles. The summed E-state index contributed by atoms with van der Waals surface area (Å²) in [5.74, 6) is 0.912. The van der Waals surface area contributed by atoms with Crippen LogP contribution in [-0.2, 0) is 17.6 Å². The van der Waals surface area contributed by atoms with Gasteiger partial charge in [0, 0.05) is 16.0 Å². The Morgan fingerprint density at radius 1 is 1.37 bits per heavy atom. The third kappa shape index (κ3) is 3.82. The fraction of sp³-hybridized carbons (Fsp3) is 0.300.